The predicted octanol–water partition coefficient (Wildman–Crippen LogP) is 1.86. The van der Waals surface area contributed by atoms with Crippen molar-refractivity contribution >= 4 is 28.5 Å². The highest BCUT2D eigenvalue weighted by molar-refractivity contribution is 5.96. The van der Waals surface area contributed by atoms with Gasteiger partial charge in [0, 0.05) is 11.8 Å². The zero-order valence-electron chi connectivity index (χ0n) is 15.5. The molecule has 0 atom stereocenters. The number of esters is 1. The third-order valence-corrected chi connectivity index (χ3v) is 4.76. The lowest BCUT2D eigenvalue weighted by Gasteiger charge is -2.12. The Morgan fingerprint density at radius 1 is 1.21 bits per heavy atom. The van der Waals surface area contributed by atoms with E-state index < -0.39 is 5.97 Å². The maximum absolute atomic E-state index is 13.1. The van der Waals surface area contributed by atoms with E-state index in [1.165, 1.54) is 17.6 Å². The van der Waals surface area contributed by atoms with Gasteiger partial charge < -0.3 is 10.5 Å². The number of nitrogens with zero attached hydrogens (tertiary/aromatic N) is 3. The van der Waals surface area contributed by atoms with Gasteiger partial charge in [-0.1, -0.05) is 41.4 Å². The number of carbonyl (C=O) groups excluding carboxylic acids is 1. The fourth-order valence-electron chi connectivity index (χ4n) is 3.31. The molecule has 4 aromatic rings. The van der Waals surface area contributed by atoms with Crippen molar-refractivity contribution in [3.05, 3.63) is 81.8 Å². The highest BCUT2D eigenvalue weighted by Crippen LogP contribution is 2.17. The Morgan fingerprint density at radius 3 is 2.68 bits per heavy atom. The van der Waals surface area contributed by atoms with Crippen molar-refractivity contribution in [1.82, 2.24) is 9.38 Å². The van der Waals surface area contributed by atoms with Crippen LogP contribution in [-0.2, 0) is 11.3 Å². The first kappa shape index (κ1) is 17.7. The number of pyridine rings is 2. The molecular formula is C21H19N4O3+. The summed E-state index contributed by atoms with van der Waals surface area (Å²) in [6, 6.07) is 14.8. The smallest absolute Gasteiger partial charge is 0.344 e. The molecule has 0 aliphatic carbocycles. The summed E-state index contributed by atoms with van der Waals surface area (Å²) in [6.07, 6.45) is 1.66. The zero-order valence-corrected chi connectivity index (χ0v) is 15.5. The molecule has 0 radical (unpaired) electrons. The number of aryl methyl sites for hydroxylation is 1. The summed E-state index contributed by atoms with van der Waals surface area (Å²) < 4.78 is 8.02. The lowest BCUT2D eigenvalue weighted by molar-refractivity contribution is -0.649. The summed E-state index contributed by atoms with van der Waals surface area (Å²) in [5, 5.41) is 0.300. The molecule has 0 spiro atoms. The van der Waals surface area contributed by atoms with Gasteiger partial charge in [-0.2, -0.15) is 0 Å². The second kappa shape index (κ2) is 6.77. The molecule has 2 N–H and O–H groups in total. The van der Waals surface area contributed by atoms with Gasteiger partial charge in [-0.15, -0.1) is 0 Å². The number of hydrogen-bond acceptors (Lipinski definition) is 5. The van der Waals surface area contributed by atoms with Gasteiger partial charge in [-0.25, -0.2) is 9.36 Å². The second-order valence-corrected chi connectivity index (χ2v) is 6.55. The molecule has 0 amide bonds. The van der Waals surface area contributed by atoms with Crippen molar-refractivity contribution in [2.45, 2.75) is 13.5 Å². The quantitative estimate of drug-likeness (QED) is 0.335. The van der Waals surface area contributed by atoms with Crippen LogP contribution in [0.2, 0.25) is 0 Å². The normalized spacial score (nSPS) is 11.1. The van der Waals surface area contributed by atoms with Gasteiger partial charge in [0.2, 0.25) is 11.5 Å². The van der Waals surface area contributed by atoms with E-state index in [0.717, 1.165) is 11.1 Å². The molecule has 0 aliphatic heterocycles. The molecule has 0 aliphatic rings. The third-order valence-electron chi connectivity index (χ3n) is 4.76. The Kier molecular flexibility index (Phi) is 4.27. The molecule has 7 nitrogen and oxygen atoms in total. The first-order valence-electron chi connectivity index (χ1n) is 8.77. The van der Waals surface area contributed by atoms with Gasteiger partial charge in [-0.3, -0.25) is 9.20 Å². The van der Waals surface area contributed by atoms with Crippen LogP contribution in [0.25, 0.3) is 16.7 Å². The van der Waals surface area contributed by atoms with Crippen molar-refractivity contribution in [3.8, 4) is 0 Å². The Morgan fingerprint density at radius 2 is 1.96 bits per heavy atom. The Bertz CT molecular complexity index is 1280. The molecule has 4 rings (SSSR count). The molecule has 28 heavy (non-hydrogen) atoms. The van der Waals surface area contributed by atoms with Crippen LogP contribution in [0.5, 0.6) is 0 Å². The molecular weight excluding hydrogens is 356 g/mol. The molecule has 0 unspecified atom stereocenters. The van der Waals surface area contributed by atoms with E-state index >= 15 is 0 Å². The highest BCUT2D eigenvalue weighted by atomic mass is 16.5. The van der Waals surface area contributed by atoms with E-state index in [9.17, 15) is 9.59 Å². The van der Waals surface area contributed by atoms with E-state index in [2.05, 4.69) is 0 Å². The summed E-state index contributed by atoms with van der Waals surface area (Å²) in [5.74, 6) is -0.400. The standard InChI is InChI=1S/C21H18N4O3/c1-13-7-6-10-24-18(13)23-19-16(20(24)26)11-15(21(27)28-2)17(22)25(19)12-14-8-4-3-5-9-14/h3-11,22H,12H2,1-2H3/p+1. The van der Waals surface area contributed by atoms with Crippen LogP contribution < -0.4 is 15.9 Å². The van der Waals surface area contributed by atoms with Crippen molar-refractivity contribution in [2.75, 3.05) is 12.8 Å². The van der Waals surface area contributed by atoms with Crippen LogP contribution >= 0.6 is 0 Å². The van der Waals surface area contributed by atoms with E-state index in [-0.39, 0.29) is 16.9 Å². The third kappa shape index (κ3) is 2.77. The van der Waals surface area contributed by atoms with Gasteiger partial charge in [0.1, 0.15) is 10.9 Å². The van der Waals surface area contributed by atoms with Crippen molar-refractivity contribution in [1.29, 1.82) is 0 Å². The van der Waals surface area contributed by atoms with E-state index in [0.29, 0.717) is 23.2 Å². The summed E-state index contributed by atoms with van der Waals surface area (Å²) in [4.78, 5) is 30.1. The van der Waals surface area contributed by atoms with Crippen molar-refractivity contribution in [3.63, 3.8) is 0 Å². The molecule has 7 heteroatoms. The predicted molar refractivity (Wildman–Crippen MR) is 105 cm³/mol. The lowest BCUT2D eigenvalue weighted by atomic mass is 10.1. The molecule has 3 aromatic heterocycles. The van der Waals surface area contributed by atoms with Gasteiger partial charge in [0.25, 0.3) is 11.2 Å². The number of aromatic nitrogens is 3. The van der Waals surface area contributed by atoms with Gasteiger partial charge in [-0.05, 0) is 24.6 Å². The number of rotatable bonds is 3. The number of ether oxygens (including phenoxy) is 1. The fourth-order valence-corrected chi connectivity index (χ4v) is 3.31. The Labute approximate surface area is 160 Å². The number of nitrogen functional groups attached to an aromatic ring is 1. The number of benzene rings is 1. The first-order valence-corrected chi connectivity index (χ1v) is 8.77. The molecule has 140 valence electrons. The number of anilines is 1. The lowest BCUT2D eigenvalue weighted by Crippen LogP contribution is -2.42. The average molecular weight is 375 g/mol. The number of hydrogen-bond donors (Lipinski definition) is 1. The van der Waals surface area contributed by atoms with Crippen LogP contribution in [0.3, 0.4) is 0 Å². The maximum atomic E-state index is 13.1. The van der Waals surface area contributed by atoms with Gasteiger partial charge in [0.15, 0.2) is 0 Å². The van der Waals surface area contributed by atoms with E-state index in [4.69, 9.17) is 15.5 Å². The van der Waals surface area contributed by atoms with E-state index in [1.54, 1.807) is 16.8 Å². The van der Waals surface area contributed by atoms with Gasteiger partial charge >= 0.3 is 5.97 Å². The number of nitrogens with two attached hydrogens (primary N) is 1. The molecule has 0 bridgehead atoms. The van der Waals surface area contributed by atoms with Crippen molar-refractivity contribution in [2.24, 2.45) is 0 Å². The molecule has 0 fully saturated rings. The largest absolute Gasteiger partial charge is 0.465 e. The number of carbonyl (C=O) groups is 1. The minimum absolute atomic E-state index is 0.137. The monoisotopic (exact) mass is 375 g/mol. The van der Waals surface area contributed by atoms with Crippen molar-refractivity contribution < 1.29 is 14.1 Å². The minimum atomic E-state index is -0.602. The highest BCUT2D eigenvalue weighted by Gasteiger charge is 2.25. The summed E-state index contributed by atoms with van der Waals surface area (Å²) >= 11 is 0. The maximum Gasteiger partial charge on any atom is 0.344 e. The minimum Gasteiger partial charge on any atom is -0.465 e. The second-order valence-electron chi connectivity index (χ2n) is 6.55. The molecule has 3 heterocycles. The van der Waals surface area contributed by atoms with E-state index in [1.807, 2.05) is 43.3 Å². The summed E-state index contributed by atoms with van der Waals surface area (Å²) in [5.41, 5.74) is 8.99. The topological polar surface area (TPSA) is 90.6 Å². The van der Waals surface area contributed by atoms with Crippen LogP contribution in [0, 0.1) is 6.92 Å². The summed E-state index contributed by atoms with van der Waals surface area (Å²) in [7, 11) is 1.28. The van der Waals surface area contributed by atoms with Crippen LogP contribution in [-0.4, -0.2) is 22.5 Å². The SMILES string of the molecule is COC(=O)c1cc2c(=O)n3cccc(C)c3nc2[n+](Cc2ccccc2)c1N. The Balaban J connectivity index is 2.12. The fraction of sp³-hybridized carbons (Fsp3) is 0.143. The number of methoxy groups -OCH3 is 1. The molecule has 0 saturated heterocycles. The van der Waals surface area contributed by atoms with Gasteiger partial charge in [0.05, 0.1) is 13.7 Å². The molecule has 0 saturated carbocycles. The zero-order chi connectivity index (χ0) is 19.8. The summed E-state index contributed by atoms with van der Waals surface area (Å²) in [6.45, 7) is 2.25. The van der Waals surface area contributed by atoms with Crippen LogP contribution in [0.4, 0.5) is 5.82 Å². The van der Waals surface area contributed by atoms with Crippen LogP contribution in [0.15, 0.2) is 59.5 Å². The number of fused-ring (bicyclic) bond motifs is 2. The molecule has 1 aromatic carbocycles. The van der Waals surface area contributed by atoms with Crippen LogP contribution in [0.1, 0.15) is 21.5 Å². The average Bonchev–Trinajstić information content (AvgIpc) is 2.71. The first-order chi connectivity index (χ1) is 13.5. The Hall–Kier alpha value is -3.74.